The fourth-order valence-corrected chi connectivity index (χ4v) is 2.25. The summed E-state index contributed by atoms with van der Waals surface area (Å²) in [5, 5.41) is 2.88. The first-order valence-electron chi connectivity index (χ1n) is 7.57. The monoisotopic (exact) mass is 296 g/mol. The molecule has 2 rings (SSSR count). The molecule has 0 saturated heterocycles. The minimum atomic E-state index is -0.551. The smallest absolute Gasteiger partial charge is 0.241 e. The van der Waals surface area contributed by atoms with Crippen LogP contribution in [0.2, 0.25) is 0 Å². The molecule has 2 aromatic rings. The first kappa shape index (κ1) is 16.2. The number of anilines is 1. The summed E-state index contributed by atoms with van der Waals surface area (Å²) in [6, 6.07) is 17.2. The van der Waals surface area contributed by atoms with Gasteiger partial charge in [0.05, 0.1) is 6.04 Å². The quantitative estimate of drug-likeness (QED) is 0.907. The standard InChI is InChI=1S/C19H24N2O/c1-19(2,3)15-9-11-16(12-10-15)21-18(22)17(20)13-14-7-5-4-6-8-14/h4-12,17H,13,20H2,1-3H3,(H,21,22). The molecular formula is C19H24N2O. The molecule has 2 aromatic carbocycles. The Bertz CT molecular complexity index is 612. The number of nitrogens with one attached hydrogen (secondary N) is 1. The molecule has 0 saturated carbocycles. The fraction of sp³-hybridized carbons (Fsp3) is 0.316. The minimum absolute atomic E-state index is 0.103. The van der Waals surface area contributed by atoms with Crippen molar-refractivity contribution in [2.75, 3.05) is 5.32 Å². The highest BCUT2D eigenvalue weighted by atomic mass is 16.2. The van der Waals surface area contributed by atoms with Gasteiger partial charge in [-0.1, -0.05) is 63.2 Å². The highest BCUT2D eigenvalue weighted by Crippen LogP contribution is 2.23. The van der Waals surface area contributed by atoms with Gasteiger partial charge >= 0.3 is 0 Å². The molecule has 0 aliphatic heterocycles. The summed E-state index contributed by atoms with van der Waals surface area (Å²) >= 11 is 0. The molecule has 1 unspecified atom stereocenters. The third-order valence-electron chi connectivity index (χ3n) is 3.65. The second-order valence-corrected chi connectivity index (χ2v) is 6.61. The van der Waals surface area contributed by atoms with E-state index in [4.69, 9.17) is 5.73 Å². The van der Waals surface area contributed by atoms with Crippen LogP contribution in [-0.4, -0.2) is 11.9 Å². The molecule has 116 valence electrons. The van der Waals surface area contributed by atoms with Gasteiger partial charge in [-0.25, -0.2) is 0 Å². The van der Waals surface area contributed by atoms with Gasteiger partial charge in [0, 0.05) is 5.69 Å². The third-order valence-corrected chi connectivity index (χ3v) is 3.65. The van der Waals surface area contributed by atoms with E-state index in [1.54, 1.807) is 0 Å². The van der Waals surface area contributed by atoms with E-state index >= 15 is 0 Å². The van der Waals surface area contributed by atoms with Crippen LogP contribution < -0.4 is 11.1 Å². The van der Waals surface area contributed by atoms with Crippen LogP contribution in [0.5, 0.6) is 0 Å². The molecule has 3 heteroatoms. The number of carbonyl (C=O) groups excluding carboxylic acids is 1. The molecule has 3 nitrogen and oxygen atoms in total. The molecule has 3 N–H and O–H groups in total. The van der Waals surface area contributed by atoms with Crippen LogP contribution >= 0.6 is 0 Å². The fourth-order valence-electron chi connectivity index (χ4n) is 2.25. The Morgan fingerprint density at radius 3 is 2.18 bits per heavy atom. The molecule has 0 aliphatic carbocycles. The van der Waals surface area contributed by atoms with Crippen molar-refractivity contribution in [3.8, 4) is 0 Å². The molecule has 0 heterocycles. The van der Waals surface area contributed by atoms with Gasteiger partial charge in [-0.05, 0) is 35.1 Å². The lowest BCUT2D eigenvalue weighted by molar-refractivity contribution is -0.117. The predicted octanol–water partition coefficient (Wildman–Crippen LogP) is 3.49. The summed E-state index contributed by atoms with van der Waals surface area (Å²) in [6.45, 7) is 6.49. The molecule has 0 spiro atoms. The summed E-state index contributed by atoms with van der Waals surface area (Å²) in [5.74, 6) is -0.160. The van der Waals surface area contributed by atoms with E-state index < -0.39 is 6.04 Å². The van der Waals surface area contributed by atoms with Crippen molar-refractivity contribution in [3.63, 3.8) is 0 Å². The van der Waals surface area contributed by atoms with Gasteiger partial charge in [0.15, 0.2) is 0 Å². The van der Waals surface area contributed by atoms with Crippen molar-refractivity contribution in [2.24, 2.45) is 5.73 Å². The number of nitrogens with two attached hydrogens (primary N) is 1. The van der Waals surface area contributed by atoms with E-state index in [1.807, 2.05) is 54.6 Å². The zero-order valence-electron chi connectivity index (χ0n) is 13.5. The van der Waals surface area contributed by atoms with Crippen molar-refractivity contribution >= 4 is 11.6 Å². The number of hydrogen-bond acceptors (Lipinski definition) is 2. The highest BCUT2D eigenvalue weighted by molar-refractivity contribution is 5.94. The maximum atomic E-state index is 12.2. The molecule has 1 amide bonds. The lowest BCUT2D eigenvalue weighted by Gasteiger charge is -2.19. The van der Waals surface area contributed by atoms with Crippen molar-refractivity contribution in [2.45, 2.75) is 38.6 Å². The predicted molar refractivity (Wildman–Crippen MR) is 91.9 cm³/mol. The van der Waals surface area contributed by atoms with E-state index in [1.165, 1.54) is 5.56 Å². The van der Waals surface area contributed by atoms with E-state index in [9.17, 15) is 4.79 Å². The minimum Gasteiger partial charge on any atom is -0.325 e. The molecule has 0 radical (unpaired) electrons. The molecule has 1 atom stereocenters. The topological polar surface area (TPSA) is 55.1 Å². The van der Waals surface area contributed by atoms with Crippen molar-refractivity contribution in [1.82, 2.24) is 0 Å². The number of rotatable bonds is 4. The summed E-state index contributed by atoms with van der Waals surface area (Å²) in [6.07, 6.45) is 0.534. The van der Waals surface area contributed by atoms with Crippen LogP contribution in [0.15, 0.2) is 54.6 Å². The van der Waals surface area contributed by atoms with Gasteiger partial charge < -0.3 is 11.1 Å². The Hall–Kier alpha value is -2.13. The van der Waals surface area contributed by atoms with Crippen LogP contribution in [0.25, 0.3) is 0 Å². The van der Waals surface area contributed by atoms with E-state index in [0.717, 1.165) is 11.3 Å². The molecule has 0 bridgehead atoms. The van der Waals surface area contributed by atoms with Gasteiger partial charge in [-0.3, -0.25) is 4.79 Å². The number of hydrogen-bond donors (Lipinski definition) is 2. The lowest BCUT2D eigenvalue weighted by Crippen LogP contribution is -2.37. The zero-order chi connectivity index (χ0) is 16.2. The van der Waals surface area contributed by atoms with Gasteiger partial charge in [-0.15, -0.1) is 0 Å². The van der Waals surface area contributed by atoms with Gasteiger partial charge in [0.2, 0.25) is 5.91 Å². The van der Waals surface area contributed by atoms with Crippen LogP contribution in [0.4, 0.5) is 5.69 Å². The van der Waals surface area contributed by atoms with Crippen LogP contribution in [0.1, 0.15) is 31.9 Å². The molecular weight excluding hydrogens is 272 g/mol. The largest absolute Gasteiger partial charge is 0.325 e. The van der Waals surface area contributed by atoms with E-state index in [-0.39, 0.29) is 11.3 Å². The number of amides is 1. The Balaban J connectivity index is 1.96. The average molecular weight is 296 g/mol. The number of carbonyl (C=O) groups is 1. The molecule has 0 fully saturated rings. The van der Waals surface area contributed by atoms with Gasteiger partial charge in [0.25, 0.3) is 0 Å². The van der Waals surface area contributed by atoms with Gasteiger partial charge in [-0.2, -0.15) is 0 Å². The van der Waals surface area contributed by atoms with Crippen molar-refractivity contribution in [3.05, 3.63) is 65.7 Å². The van der Waals surface area contributed by atoms with Crippen molar-refractivity contribution < 1.29 is 4.79 Å². The van der Waals surface area contributed by atoms with Crippen LogP contribution in [-0.2, 0) is 16.6 Å². The second kappa shape index (κ2) is 6.75. The second-order valence-electron chi connectivity index (χ2n) is 6.61. The Morgan fingerprint density at radius 2 is 1.64 bits per heavy atom. The Kier molecular flexibility index (Phi) is 4.99. The Morgan fingerprint density at radius 1 is 1.05 bits per heavy atom. The average Bonchev–Trinajstić information content (AvgIpc) is 2.48. The highest BCUT2D eigenvalue weighted by Gasteiger charge is 2.16. The number of benzene rings is 2. The SMILES string of the molecule is CC(C)(C)c1ccc(NC(=O)C(N)Cc2ccccc2)cc1. The maximum absolute atomic E-state index is 12.2. The van der Waals surface area contributed by atoms with Gasteiger partial charge in [0.1, 0.15) is 0 Å². The molecule has 0 aliphatic rings. The zero-order valence-corrected chi connectivity index (χ0v) is 13.5. The first-order valence-corrected chi connectivity index (χ1v) is 7.57. The van der Waals surface area contributed by atoms with Crippen molar-refractivity contribution in [1.29, 1.82) is 0 Å². The summed E-state index contributed by atoms with van der Waals surface area (Å²) in [4.78, 5) is 12.2. The summed E-state index contributed by atoms with van der Waals surface area (Å²) in [5.41, 5.74) is 9.17. The summed E-state index contributed by atoms with van der Waals surface area (Å²) < 4.78 is 0. The molecule has 22 heavy (non-hydrogen) atoms. The third kappa shape index (κ3) is 4.43. The Labute approximate surface area is 132 Å². The first-order chi connectivity index (χ1) is 10.4. The van der Waals surface area contributed by atoms with E-state index in [0.29, 0.717) is 6.42 Å². The maximum Gasteiger partial charge on any atom is 0.241 e. The lowest BCUT2D eigenvalue weighted by atomic mass is 9.87. The van der Waals surface area contributed by atoms with Crippen LogP contribution in [0.3, 0.4) is 0 Å². The van der Waals surface area contributed by atoms with E-state index in [2.05, 4.69) is 26.1 Å². The molecule has 0 aromatic heterocycles. The summed E-state index contributed by atoms with van der Waals surface area (Å²) in [7, 11) is 0. The van der Waals surface area contributed by atoms with Crippen LogP contribution in [0, 0.1) is 0 Å². The normalized spacial score (nSPS) is 12.7.